The van der Waals surface area contributed by atoms with Crippen LogP contribution in [0.25, 0.3) is 11.3 Å². The predicted octanol–water partition coefficient (Wildman–Crippen LogP) is 3.82. The molecule has 2 rings (SSSR count). The van der Waals surface area contributed by atoms with E-state index >= 15 is 0 Å². The van der Waals surface area contributed by atoms with Crippen LogP contribution in [0.15, 0.2) is 35.1 Å². The molecule has 0 radical (unpaired) electrons. The number of carbonyl (C=O) groups excluding carboxylic acids is 1. The number of hydrogen-bond donors (Lipinski definition) is 0. The molecule has 0 bridgehead atoms. The van der Waals surface area contributed by atoms with Crippen LogP contribution in [0.5, 0.6) is 0 Å². The summed E-state index contributed by atoms with van der Waals surface area (Å²) < 4.78 is 10.5. The van der Waals surface area contributed by atoms with Gasteiger partial charge in [-0.2, -0.15) is 0 Å². The molecule has 0 saturated heterocycles. The van der Waals surface area contributed by atoms with Crippen LogP contribution in [0.4, 0.5) is 0 Å². The summed E-state index contributed by atoms with van der Waals surface area (Å²) in [6.45, 7) is 8.43. The molecular formula is C16H19NO3. The summed E-state index contributed by atoms with van der Waals surface area (Å²) in [5.41, 5.74) is 2.14. The second-order valence-electron chi connectivity index (χ2n) is 5.55. The van der Waals surface area contributed by atoms with Gasteiger partial charge in [-0.05, 0) is 17.9 Å². The quantitative estimate of drug-likeness (QED) is 0.798. The molecule has 0 aliphatic carbocycles. The lowest BCUT2D eigenvalue weighted by Gasteiger charge is -2.22. The Morgan fingerprint density at radius 2 is 2.00 bits per heavy atom. The highest BCUT2D eigenvalue weighted by atomic mass is 16.5. The standard InChI is InChI=1S/C16H19NO3/c1-5-19-15(18)13-14(20-10-17-13)11-8-6-7-9-12(11)16(2,3)4/h6-10H,5H2,1-4H3. The van der Waals surface area contributed by atoms with Crippen molar-refractivity contribution in [3.05, 3.63) is 41.9 Å². The van der Waals surface area contributed by atoms with E-state index in [0.29, 0.717) is 12.4 Å². The molecule has 1 aromatic heterocycles. The predicted molar refractivity (Wildman–Crippen MR) is 76.6 cm³/mol. The highest BCUT2D eigenvalue weighted by molar-refractivity contribution is 5.94. The largest absolute Gasteiger partial charge is 0.461 e. The molecule has 106 valence electrons. The topological polar surface area (TPSA) is 52.3 Å². The molecule has 4 nitrogen and oxygen atoms in total. The van der Waals surface area contributed by atoms with E-state index in [4.69, 9.17) is 9.15 Å². The average molecular weight is 273 g/mol. The lowest BCUT2D eigenvalue weighted by molar-refractivity contribution is 0.0520. The Kier molecular flexibility index (Phi) is 3.93. The molecule has 1 aromatic carbocycles. The Bertz CT molecular complexity index is 608. The van der Waals surface area contributed by atoms with Gasteiger partial charge in [0.05, 0.1) is 6.61 Å². The van der Waals surface area contributed by atoms with E-state index < -0.39 is 5.97 Å². The van der Waals surface area contributed by atoms with E-state index in [2.05, 4.69) is 25.8 Å². The Morgan fingerprint density at radius 1 is 1.30 bits per heavy atom. The highest BCUT2D eigenvalue weighted by Gasteiger charge is 2.25. The molecule has 1 heterocycles. The van der Waals surface area contributed by atoms with Crippen LogP contribution in [0.1, 0.15) is 43.7 Å². The minimum atomic E-state index is -0.458. The molecule has 0 unspecified atom stereocenters. The van der Waals surface area contributed by atoms with E-state index in [9.17, 15) is 4.79 Å². The molecule has 4 heteroatoms. The SMILES string of the molecule is CCOC(=O)c1ncoc1-c1ccccc1C(C)(C)C. The second-order valence-corrected chi connectivity index (χ2v) is 5.55. The summed E-state index contributed by atoms with van der Waals surface area (Å²) in [7, 11) is 0. The Hall–Kier alpha value is -2.10. The average Bonchev–Trinajstić information content (AvgIpc) is 2.87. The van der Waals surface area contributed by atoms with Crippen molar-refractivity contribution in [2.24, 2.45) is 0 Å². The van der Waals surface area contributed by atoms with Gasteiger partial charge in [0, 0.05) is 5.56 Å². The summed E-state index contributed by atoms with van der Waals surface area (Å²) in [6.07, 6.45) is 1.28. The zero-order valence-corrected chi connectivity index (χ0v) is 12.3. The number of rotatable bonds is 3. The minimum absolute atomic E-state index is 0.0602. The van der Waals surface area contributed by atoms with E-state index in [-0.39, 0.29) is 11.1 Å². The number of esters is 1. The van der Waals surface area contributed by atoms with Crippen molar-refractivity contribution in [2.45, 2.75) is 33.1 Å². The fraction of sp³-hybridized carbons (Fsp3) is 0.375. The van der Waals surface area contributed by atoms with Crippen LogP contribution in [-0.2, 0) is 10.2 Å². The first kappa shape index (κ1) is 14.3. The monoisotopic (exact) mass is 273 g/mol. The number of hydrogen-bond acceptors (Lipinski definition) is 4. The normalized spacial score (nSPS) is 11.4. The molecule has 0 fully saturated rings. The van der Waals surface area contributed by atoms with Crippen molar-refractivity contribution in [3.8, 4) is 11.3 Å². The number of benzene rings is 1. The number of ether oxygens (including phenoxy) is 1. The Morgan fingerprint density at radius 3 is 2.65 bits per heavy atom. The first-order chi connectivity index (χ1) is 9.45. The zero-order valence-electron chi connectivity index (χ0n) is 12.3. The van der Waals surface area contributed by atoms with Gasteiger partial charge in [0.1, 0.15) is 0 Å². The first-order valence-corrected chi connectivity index (χ1v) is 6.65. The zero-order chi connectivity index (χ0) is 14.8. The third-order valence-corrected chi connectivity index (χ3v) is 3.02. The molecule has 2 aromatic rings. The van der Waals surface area contributed by atoms with Crippen LogP contribution < -0.4 is 0 Å². The molecule has 0 N–H and O–H groups in total. The lowest BCUT2D eigenvalue weighted by Crippen LogP contribution is -2.13. The van der Waals surface area contributed by atoms with Gasteiger partial charge >= 0.3 is 5.97 Å². The van der Waals surface area contributed by atoms with Crippen LogP contribution >= 0.6 is 0 Å². The molecule has 0 saturated carbocycles. The van der Waals surface area contributed by atoms with Crippen molar-refractivity contribution in [1.82, 2.24) is 4.98 Å². The second kappa shape index (κ2) is 5.49. The molecule has 0 aliphatic heterocycles. The number of nitrogens with zero attached hydrogens (tertiary/aromatic N) is 1. The van der Waals surface area contributed by atoms with Crippen LogP contribution in [0.2, 0.25) is 0 Å². The highest BCUT2D eigenvalue weighted by Crippen LogP contribution is 2.34. The summed E-state index contributed by atoms with van der Waals surface area (Å²) in [6, 6.07) is 7.86. The van der Waals surface area contributed by atoms with Gasteiger partial charge < -0.3 is 9.15 Å². The van der Waals surface area contributed by atoms with Crippen LogP contribution in [0.3, 0.4) is 0 Å². The van der Waals surface area contributed by atoms with Gasteiger partial charge in [-0.1, -0.05) is 45.0 Å². The summed E-state index contributed by atoms with van der Waals surface area (Å²) in [4.78, 5) is 15.9. The third-order valence-electron chi connectivity index (χ3n) is 3.02. The molecule has 0 spiro atoms. The van der Waals surface area contributed by atoms with Gasteiger partial charge in [-0.3, -0.25) is 0 Å². The molecule has 20 heavy (non-hydrogen) atoms. The van der Waals surface area contributed by atoms with Crippen molar-refractivity contribution < 1.29 is 13.9 Å². The maximum Gasteiger partial charge on any atom is 0.360 e. The fourth-order valence-corrected chi connectivity index (χ4v) is 2.12. The van der Waals surface area contributed by atoms with Gasteiger partial charge in [-0.15, -0.1) is 0 Å². The Labute approximate surface area is 118 Å². The Balaban J connectivity index is 2.54. The smallest absolute Gasteiger partial charge is 0.360 e. The van der Waals surface area contributed by atoms with Crippen molar-refractivity contribution in [2.75, 3.05) is 6.61 Å². The minimum Gasteiger partial charge on any atom is -0.461 e. The molecule has 0 amide bonds. The third kappa shape index (κ3) is 2.74. The van der Waals surface area contributed by atoms with E-state index in [0.717, 1.165) is 11.1 Å². The number of oxazole rings is 1. The fourth-order valence-electron chi connectivity index (χ4n) is 2.12. The summed E-state index contributed by atoms with van der Waals surface area (Å²) in [5.74, 6) is 0.00828. The van der Waals surface area contributed by atoms with E-state index in [1.807, 2.05) is 24.3 Å². The van der Waals surface area contributed by atoms with Crippen molar-refractivity contribution in [1.29, 1.82) is 0 Å². The van der Waals surface area contributed by atoms with E-state index in [1.165, 1.54) is 6.39 Å². The van der Waals surface area contributed by atoms with Gasteiger partial charge in [0.2, 0.25) is 0 Å². The molecule has 0 aliphatic rings. The van der Waals surface area contributed by atoms with Gasteiger partial charge in [0.15, 0.2) is 17.8 Å². The maximum atomic E-state index is 11.9. The first-order valence-electron chi connectivity index (χ1n) is 6.65. The van der Waals surface area contributed by atoms with Crippen molar-refractivity contribution >= 4 is 5.97 Å². The van der Waals surface area contributed by atoms with Gasteiger partial charge in [-0.25, -0.2) is 9.78 Å². The van der Waals surface area contributed by atoms with E-state index in [1.54, 1.807) is 6.92 Å². The molecular weight excluding hydrogens is 254 g/mol. The summed E-state index contributed by atoms with van der Waals surface area (Å²) >= 11 is 0. The lowest BCUT2D eigenvalue weighted by atomic mass is 9.83. The van der Waals surface area contributed by atoms with Crippen LogP contribution in [0, 0.1) is 0 Å². The maximum absolute atomic E-state index is 11.9. The summed E-state index contributed by atoms with van der Waals surface area (Å²) in [5, 5.41) is 0. The molecule has 0 atom stereocenters. The van der Waals surface area contributed by atoms with Crippen molar-refractivity contribution in [3.63, 3.8) is 0 Å². The number of aromatic nitrogens is 1. The van der Waals surface area contributed by atoms with Gasteiger partial charge in [0.25, 0.3) is 0 Å². The van der Waals surface area contributed by atoms with Crippen LogP contribution in [-0.4, -0.2) is 17.6 Å². The number of carbonyl (C=O) groups is 1.